The molecule has 2 aromatic carbocycles. The number of benzene rings is 2. The van der Waals surface area contributed by atoms with Gasteiger partial charge in [-0.25, -0.2) is 9.97 Å². The smallest absolute Gasteiger partial charge is 0.194 e. The first-order valence-electron chi connectivity index (χ1n) is 6.16. The Hall–Kier alpha value is -2.55. The van der Waals surface area contributed by atoms with E-state index in [1.54, 1.807) is 6.33 Å². The lowest BCUT2D eigenvalue weighted by atomic mass is 9.85. The van der Waals surface area contributed by atoms with Crippen molar-refractivity contribution in [2.24, 2.45) is 0 Å². The molecule has 0 amide bonds. The quantitative estimate of drug-likeness (QED) is 0.478. The SMILES string of the molecule is Cc1cccc2c1-c1ncnc3cccc(c13)C2=O. The number of aryl methyl sites for hydroxylation is 1. The number of hydrogen-bond acceptors (Lipinski definition) is 3. The highest BCUT2D eigenvalue weighted by molar-refractivity contribution is 6.25. The summed E-state index contributed by atoms with van der Waals surface area (Å²) in [7, 11) is 0. The van der Waals surface area contributed by atoms with Gasteiger partial charge in [0.2, 0.25) is 0 Å². The summed E-state index contributed by atoms with van der Waals surface area (Å²) in [5, 5.41) is 0.872. The van der Waals surface area contributed by atoms with Crippen molar-refractivity contribution in [2.75, 3.05) is 0 Å². The number of carbonyl (C=O) groups is 1. The van der Waals surface area contributed by atoms with Crippen LogP contribution in [-0.2, 0) is 0 Å². The molecule has 1 aliphatic rings. The van der Waals surface area contributed by atoms with Gasteiger partial charge in [0.05, 0.1) is 11.2 Å². The maximum atomic E-state index is 12.6. The molecule has 0 fully saturated rings. The first-order chi connectivity index (χ1) is 9.27. The highest BCUT2D eigenvalue weighted by Gasteiger charge is 2.27. The summed E-state index contributed by atoms with van der Waals surface area (Å²) in [5.74, 6) is 0.0617. The van der Waals surface area contributed by atoms with Crippen molar-refractivity contribution in [1.82, 2.24) is 9.97 Å². The van der Waals surface area contributed by atoms with Crippen LogP contribution < -0.4 is 0 Å². The second-order valence-corrected chi connectivity index (χ2v) is 4.75. The molecule has 4 rings (SSSR count). The van der Waals surface area contributed by atoms with Gasteiger partial charge >= 0.3 is 0 Å². The molecule has 0 radical (unpaired) electrons. The Morgan fingerprint density at radius 2 is 1.74 bits per heavy atom. The standard InChI is InChI=1S/C16H10N2O/c1-9-4-2-5-10-13(9)15-14-11(16(10)19)6-3-7-12(14)17-8-18-15/h2-8H,1H3. The van der Waals surface area contributed by atoms with E-state index in [9.17, 15) is 4.79 Å². The fraction of sp³-hybridized carbons (Fsp3) is 0.0625. The van der Waals surface area contributed by atoms with Crippen molar-refractivity contribution >= 4 is 16.7 Å². The number of carbonyl (C=O) groups excluding carboxylic acids is 1. The first-order valence-corrected chi connectivity index (χ1v) is 6.16. The summed E-state index contributed by atoms with van der Waals surface area (Å²) < 4.78 is 0. The highest BCUT2D eigenvalue weighted by atomic mass is 16.1. The van der Waals surface area contributed by atoms with Crippen LogP contribution in [0.5, 0.6) is 0 Å². The number of nitrogens with zero attached hydrogens (tertiary/aromatic N) is 2. The van der Waals surface area contributed by atoms with Gasteiger partial charge in [0.1, 0.15) is 6.33 Å². The minimum Gasteiger partial charge on any atom is -0.289 e. The lowest BCUT2D eigenvalue weighted by Crippen LogP contribution is -2.12. The van der Waals surface area contributed by atoms with Crippen LogP contribution in [0.3, 0.4) is 0 Å². The molecule has 0 unspecified atom stereocenters. The molecule has 3 aromatic rings. The van der Waals surface area contributed by atoms with Crippen LogP contribution in [-0.4, -0.2) is 15.8 Å². The van der Waals surface area contributed by atoms with Crippen LogP contribution in [0.15, 0.2) is 42.7 Å². The van der Waals surface area contributed by atoms with Crippen LogP contribution in [0.1, 0.15) is 21.5 Å². The molecule has 0 saturated carbocycles. The van der Waals surface area contributed by atoms with Crippen molar-refractivity contribution in [3.8, 4) is 11.3 Å². The Morgan fingerprint density at radius 1 is 0.947 bits per heavy atom. The number of ketones is 1. The molecule has 0 bridgehead atoms. The van der Waals surface area contributed by atoms with Gasteiger partial charge in [0.15, 0.2) is 5.78 Å². The molecule has 0 aliphatic heterocycles. The zero-order valence-corrected chi connectivity index (χ0v) is 10.3. The molecule has 1 aromatic heterocycles. The maximum Gasteiger partial charge on any atom is 0.194 e. The number of fused-ring (bicyclic) bond motifs is 2. The molecule has 19 heavy (non-hydrogen) atoms. The topological polar surface area (TPSA) is 42.9 Å². The molecule has 3 nitrogen and oxygen atoms in total. The molecule has 1 heterocycles. The lowest BCUT2D eigenvalue weighted by Gasteiger charge is -2.19. The molecule has 0 atom stereocenters. The van der Waals surface area contributed by atoms with Crippen molar-refractivity contribution < 1.29 is 4.79 Å². The summed E-state index contributed by atoms with van der Waals surface area (Å²) in [6, 6.07) is 11.4. The molecule has 90 valence electrons. The van der Waals surface area contributed by atoms with Gasteiger partial charge in [-0.1, -0.05) is 30.3 Å². The number of hydrogen-bond donors (Lipinski definition) is 0. The fourth-order valence-corrected chi connectivity index (χ4v) is 2.81. The molecule has 3 heteroatoms. The molecule has 0 saturated heterocycles. The Morgan fingerprint density at radius 3 is 2.63 bits per heavy atom. The second kappa shape index (κ2) is 3.48. The van der Waals surface area contributed by atoms with Gasteiger partial charge in [-0.05, 0) is 18.6 Å². The van der Waals surface area contributed by atoms with Crippen LogP contribution in [0.4, 0.5) is 0 Å². The van der Waals surface area contributed by atoms with E-state index in [1.165, 1.54) is 0 Å². The van der Waals surface area contributed by atoms with Gasteiger partial charge < -0.3 is 0 Å². The monoisotopic (exact) mass is 246 g/mol. The van der Waals surface area contributed by atoms with Crippen molar-refractivity contribution in [1.29, 1.82) is 0 Å². The molecule has 0 N–H and O–H groups in total. The van der Waals surface area contributed by atoms with E-state index in [1.807, 2.05) is 43.3 Å². The van der Waals surface area contributed by atoms with E-state index in [4.69, 9.17) is 0 Å². The minimum absolute atomic E-state index is 0.0617. The van der Waals surface area contributed by atoms with E-state index >= 15 is 0 Å². The van der Waals surface area contributed by atoms with E-state index < -0.39 is 0 Å². The van der Waals surface area contributed by atoms with E-state index in [0.29, 0.717) is 5.56 Å². The van der Waals surface area contributed by atoms with Crippen LogP contribution in [0.25, 0.3) is 22.2 Å². The van der Waals surface area contributed by atoms with Gasteiger partial charge in [-0.15, -0.1) is 0 Å². The molecule has 0 spiro atoms. The van der Waals surface area contributed by atoms with E-state index in [-0.39, 0.29) is 5.78 Å². The lowest BCUT2D eigenvalue weighted by molar-refractivity contribution is 0.104. The zero-order valence-electron chi connectivity index (χ0n) is 10.3. The normalized spacial score (nSPS) is 12.6. The Kier molecular flexibility index (Phi) is 1.90. The average molecular weight is 246 g/mol. The molecular formula is C16H10N2O. The Labute approximate surface area is 109 Å². The summed E-state index contributed by atoms with van der Waals surface area (Å²) >= 11 is 0. The molecule has 1 aliphatic carbocycles. The van der Waals surface area contributed by atoms with Crippen molar-refractivity contribution in [2.45, 2.75) is 6.92 Å². The summed E-state index contributed by atoms with van der Waals surface area (Å²) in [4.78, 5) is 21.3. The third-order valence-corrected chi connectivity index (χ3v) is 3.66. The minimum atomic E-state index is 0.0617. The Bertz CT molecular complexity index is 847. The van der Waals surface area contributed by atoms with E-state index in [0.717, 1.165) is 33.3 Å². The maximum absolute atomic E-state index is 12.6. The second-order valence-electron chi connectivity index (χ2n) is 4.75. The van der Waals surface area contributed by atoms with Gasteiger partial charge in [-0.3, -0.25) is 4.79 Å². The van der Waals surface area contributed by atoms with E-state index in [2.05, 4.69) is 9.97 Å². The third kappa shape index (κ3) is 1.24. The summed E-state index contributed by atoms with van der Waals surface area (Å²) in [6.45, 7) is 2.01. The van der Waals surface area contributed by atoms with Gasteiger partial charge in [-0.2, -0.15) is 0 Å². The van der Waals surface area contributed by atoms with Crippen molar-refractivity contribution in [3.05, 3.63) is 59.4 Å². The fourth-order valence-electron chi connectivity index (χ4n) is 2.81. The predicted octanol–water partition coefficient (Wildman–Crippen LogP) is 3.15. The predicted molar refractivity (Wildman–Crippen MR) is 73.1 cm³/mol. The third-order valence-electron chi connectivity index (χ3n) is 3.66. The summed E-state index contributed by atoms with van der Waals surface area (Å²) in [6.07, 6.45) is 1.56. The van der Waals surface area contributed by atoms with Crippen molar-refractivity contribution in [3.63, 3.8) is 0 Å². The number of rotatable bonds is 0. The zero-order chi connectivity index (χ0) is 13.0. The summed E-state index contributed by atoms with van der Waals surface area (Å²) in [5.41, 5.74) is 5.14. The highest BCUT2D eigenvalue weighted by Crippen LogP contribution is 2.38. The largest absolute Gasteiger partial charge is 0.289 e. The van der Waals surface area contributed by atoms with Gasteiger partial charge in [0, 0.05) is 22.1 Å². The van der Waals surface area contributed by atoms with Crippen LogP contribution in [0, 0.1) is 6.92 Å². The van der Waals surface area contributed by atoms with Gasteiger partial charge in [0.25, 0.3) is 0 Å². The first kappa shape index (κ1) is 10.4. The average Bonchev–Trinajstić information content (AvgIpc) is 2.44. The number of aromatic nitrogens is 2. The van der Waals surface area contributed by atoms with Crippen LogP contribution >= 0.6 is 0 Å². The van der Waals surface area contributed by atoms with Crippen LogP contribution in [0.2, 0.25) is 0 Å². The molecular weight excluding hydrogens is 236 g/mol. The Balaban J connectivity index is 2.29.